The second-order valence-corrected chi connectivity index (χ2v) is 6.11. The van der Waals surface area contributed by atoms with Gasteiger partial charge in [0.1, 0.15) is 0 Å². The molecule has 1 aliphatic rings. The fourth-order valence-corrected chi connectivity index (χ4v) is 2.81. The number of carbonyl (C=O) groups is 1. The molecule has 1 fully saturated rings. The Morgan fingerprint density at radius 2 is 2.00 bits per heavy atom. The quantitative estimate of drug-likeness (QED) is 0.926. The van der Waals surface area contributed by atoms with Gasteiger partial charge in [-0.3, -0.25) is 4.90 Å². The molecule has 1 heterocycles. The van der Waals surface area contributed by atoms with Gasteiger partial charge >= 0.3 is 6.03 Å². The van der Waals surface area contributed by atoms with Crippen LogP contribution in [0.15, 0.2) is 18.2 Å². The first kappa shape index (κ1) is 16.1. The van der Waals surface area contributed by atoms with Gasteiger partial charge in [-0.2, -0.15) is 0 Å². The molecule has 0 aromatic heterocycles. The second-order valence-electron chi connectivity index (χ2n) is 5.67. The molecule has 0 saturated carbocycles. The van der Waals surface area contributed by atoms with E-state index in [9.17, 15) is 4.79 Å². The van der Waals surface area contributed by atoms with E-state index in [1.165, 1.54) is 0 Å². The molecule has 1 N–H and O–H groups in total. The number of nitrogens with one attached hydrogen (secondary N) is 1. The minimum Gasteiger partial charge on any atom is -0.322 e. The van der Waals surface area contributed by atoms with Gasteiger partial charge < -0.3 is 10.2 Å². The number of hydrogen-bond acceptors (Lipinski definition) is 2. The number of aryl methyl sites for hydroxylation is 1. The highest BCUT2D eigenvalue weighted by Gasteiger charge is 2.23. The Bertz CT molecular complexity index is 498. The molecular weight excluding hydrogens is 286 g/mol. The van der Waals surface area contributed by atoms with E-state index in [0.29, 0.717) is 11.1 Å². The molecular formula is C16H24ClN3O. The normalized spacial score (nSPS) is 17.6. The van der Waals surface area contributed by atoms with Crippen molar-refractivity contribution in [3.05, 3.63) is 28.8 Å². The standard InChI is InChI=1S/C16H24ClN3O/c1-4-13(3)19-7-9-20(10-8-19)16(21)18-15-6-5-14(17)11-12(15)2/h5-6,11,13H,4,7-10H2,1-3H3,(H,18,21). The van der Waals surface area contributed by atoms with Gasteiger partial charge in [0.15, 0.2) is 0 Å². The average molecular weight is 310 g/mol. The third kappa shape index (κ3) is 4.11. The Hall–Kier alpha value is -1.26. The molecule has 116 valence electrons. The molecule has 2 amide bonds. The van der Waals surface area contributed by atoms with Crippen molar-refractivity contribution in [1.29, 1.82) is 0 Å². The number of carbonyl (C=O) groups excluding carboxylic acids is 1. The zero-order chi connectivity index (χ0) is 15.4. The van der Waals surface area contributed by atoms with Gasteiger partial charge in [0.05, 0.1) is 0 Å². The van der Waals surface area contributed by atoms with Crippen molar-refractivity contribution in [3.8, 4) is 0 Å². The molecule has 1 atom stereocenters. The number of anilines is 1. The molecule has 5 heteroatoms. The molecule has 2 rings (SSSR count). The Morgan fingerprint density at radius 1 is 1.33 bits per heavy atom. The fraction of sp³-hybridized carbons (Fsp3) is 0.562. The minimum absolute atomic E-state index is 0.0239. The van der Waals surface area contributed by atoms with Crippen molar-refractivity contribution < 1.29 is 4.79 Å². The first-order chi connectivity index (χ1) is 10.0. The molecule has 21 heavy (non-hydrogen) atoms. The summed E-state index contributed by atoms with van der Waals surface area (Å²) in [5, 5.41) is 3.66. The molecule has 1 aromatic rings. The molecule has 1 aromatic carbocycles. The van der Waals surface area contributed by atoms with E-state index in [2.05, 4.69) is 24.1 Å². The smallest absolute Gasteiger partial charge is 0.321 e. The van der Waals surface area contributed by atoms with E-state index in [4.69, 9.17) is 11.6 Å². The summed E-state index contributed by atoms with van der Waals surface area (Å²) in [5.74, 6) is 0. The van der Waals surface area contributed by atoms with E-state index >= 15 is 0 Å². The summed E-state index contributed by atoms with van der Waals surface area (Å²) < 4.78 is 0. The molecule has 1 aliphatic heterocycles. The summed E-state index contributed by atoms with van der Waals surface area (Å²) >= 11 is 5.93. The topological polar surface area (TPSA) is 35.6 Å². The first-order valence-electron chi connectivity index (χ1n) is 7.57. The van der Waals surface area contributed by atoms with Crippen LogP contribution in [0.4, 0.5) is 10.5 Å². The maximum Gasteiger partial charge on any atom is 0.321 e. The largest absolute Gasteiger partial charge is 0.322 e. The Morgan fingerprint density at radius 3 is 2.57 bits per heavy atom. The zero-order valence-electron chi connectivity index (χ0n) is 13.0. The lowest BCUT2D eigenvalue weighted by Crippen LogP contribution is -2.52. The highest BCUT2D eigenvalue weighted by atomic mass is 35.5. The van der Waals surface area contributed by atoms with Crippen LogP contribution >= 0.6 is 11.6 Å². The van der Waals surface area contributed by atoms with Crippen LogP contribution in [0.3, 0.4) is 0 Å². The fourth-order valence-electron chi connectivity index (χ4n) is 2.59. The molecule has 0 spiro atoms. The highest BCUT2D eigenvalue weighted by molar-refractivity contribution is 6.30. The third-order valence-electron chi connectivity index (χ3n) is 4.25. The van der Waals surface area contributed by atoms with Crippen LogP contribution in [0.1, 0.15) is 25.8 Å². The lowest BCUT2D eigenvalue weighted by atomic mass is 10.2. The number of halogens is 1. The van der Waals surface area contributed by atoms with Gasteiger partial charge in [0, 0.05) is 42.9 Å². The van der Waals surface area contributed by atoms with E-state index in [-0.39, 0.29) is 6.03 Å². The first-order valence-corrected chi connectivity index (χ1v) is 7.95. The van der Waals surface area contributed by atoms with Crippen molar-refractivity contribution in [3.63, 3.8) is 0 Å². The van der Waals surface area contributed by atoms with E-state index in [0.717, 1.165) is 43.9 Å². The third-order valence-corrected chi connectivity index (χ3v) is 4.48. The summed E-state index contributed by atoms with van der Waals surface area (Å²) in [6.07, 6.45) is 1.15. The molecule has 0 bridgehead atoms. The predicted molar refractivity (Wildman–Crippen MR) is 88.1 cm³/mol. The number of hydrogen-bond donors (Lipinski definition) is 1. The van der Waals surface area contributed by atoms with Crippen molar-refractivity contribution >= 4 is 23.3 Å². The lowest BCUT2D eigenvalue weighted by Gasteiger charge is -2.37. The Kier molecular flexibility index (Phi) is 5.48. The van der Waals surface area contributed by atoms with Gasteiger partial charge in [-0.05, 0) is 44.0 Å². The van der Waals surface area contributed by atoms with Crippen molar-refractivity contribution in [1.82, 2.24) is 9.80 Å². The maximum atomic E-state index is 12.3. The van der Waals surface area contributed by atoms with Crippen molar-refractivity contribution in [2.75, 3.05) is 31.5 Å². The van der Waals surface area contributed by atoms with Gasteiger partial charge in [0.25, 0.3) is 0 Å². The van der Waals surface area contributed by atoms with Crippen LogP contribution in [0.25, 0.3) is 0 Å². The van der Waals surface area contributed by atoms with Crippen LogP contribution in [0, 0.1) is 6.92 Å². The van der Waals surface area contributed by atoms with Gasteiger partial charge in [-0.15, -0.1) is 0 Å². The van der Waals surface area contributed by atoms with E-state index < -0.39 is 0 Å². The maximum absolute atomic E-state index is 12.3. The summed E-state index contributed by atoms with van der Waals surface area (Å²) in [5.41, 5.74) is 1.81. The number of piperazine rings is 1. The number of urea groups is 1. The molecule has 1 unspecified atom stereocenters. The number of rotatable bonds is 3. The second kappa shape index (κ2) is 7.14. The molecule has 4 nitrogen and oxygen atoms in total. The number of benzene rings is 1. The summed E-state index contributed by atoms with van der Waals surface area (Å²) in [7, 11) is 0. The minimum atomic E-state index is -0.0239. The van der Waals surface area contributed by atoms with Crippen LogP contribution in [-0.4, -0.2) is 48.1 Å². The van der Waals surface area contributed by atoms with Gasteiger partial charge in [0.2, 0.25) is 0 Å². The monoisotopic (exact) mass is 309 g/mol. The molecule has 1 saturated heterocycles. The van der Waals surface area contributed by atoms with Gasteiger partial charge in [-0.25, -0.2) is 4.79 Å². The van der Waals surface area contributed by atoms with Crippen LogP contribution < -0.4 is 5.32 Å². The van der Waals surface area contributed by atoms with Crippen LogP contribution in [0.5, 0.6) is 0 Å². The summed E-state index contributed by atoms with van der Waals surface area (Å²) in [6, 6.07) is 6.08. The zero-order valence-corrected chi connectivity index (χ0v) is 13.8. The van der Waals surface area contributed by atoms with Crippen molar-refractivity contribution in [2.45, 2.75) is 33.2 Å². The van der Waals surface area contributed by atoms with Gasteiger partial charge in [-0.1, -0.05) is 18.5 Å². The van der Waals surface area contributed by atoms with Crippen LogP contribution in [-0.2, 0) is 0 Å². The van der Waals surface area contributed by atoms with Crippen LogP contribution in [0.2, 0.25) is 5.02 Å². The SMILES string of the molecule is CCC(C)N1CCN(C(=O)Nc2ccc(Cl)cc2C)CC1. The van der Waals surface area contributed by atoms with E-state index in [1.54, 1.807) is 6.07 Å². The predicted octanol–water partition coefficient (Wildman–Crippen LogP) is 3.60. The van der Waals surface area contributed by atoms with Crippen molar-refractivity contribution in [2.24, 2.45) is 0 Å². The summed E-state index contributed by atoms with van der Waals surface area (Å²) in [6.45, 7) is 9.85. The highest BCUT2D eigenvalue weighted by Crippen LogP contribution is 2.20. The molecule has 0 radical (unpaired) electrons. The average Bonchev–Trinajstić information content (AvgIpc) is 2.49. The number of amides is 2. The lowest BCUT2D eigenvalue weighted by molar-refractivity contribution is 0.117. The molecule has 0 aliphatic carbocycles. The summed E-state index contributed by atoms with van der Waals surface area (Å²) in [4.78, 5) is 16.6. The number of nitrogens with zero attached hydrogens (tertiary/aromatic N) is 2. The Balaban J connectivity index is 1.90. The Labute approximate surface area is 132 Å². The van der Waals surface area contributed by atoms with E-state index in [1.807, 2.05) is 24.0 Å².